The van der Waals surface area contributed by atoms with Crippen LogP contribution in [0.3, 0.4) is 0 Å². The van der Waals surface area contributed by atoms with E-state index >= 15 is 0 Å². The fourth-order valence-corrected chi connectivity index (χ4v) is 1.89. The zero-order chi connectivity index (χ0) is 11.8. The summed E-state index contributed by atoms with van der Waals surface area (Å²) in [5, 5.41) is 2.85. The second kappa shape index (κ2) is 3.96. The van der Waals surface area contributed by atoms with Crippen LogP contribution in [0.5, 0.6) is 0 Å². The maximum Gasteiger partial charge on any atom is 0.198 e. The smallest absolute Gasteiger partial charge is 0.198 e. The van der Waals surface area contributed by atoms with Crippen LogP contribution in [0.4, 0.5) is 0 Å². The minimum absolute atomic E-state index is 0.0744. The summed E-state index contributed by atoms with van der Waals surface area (Å²) < 4.78 is 5.65. The van der Waals surface area contributed by atoms with E-state index in [1.165, 1.54) is 12.8 Å². The van der Waals surface area contributed by atoms with Crippen LogP contribution in [0.1, 0.15) is 35.0 Å². The van der Waals surface area contributed by atoms with Gasteiger partial charge in [0.1, 0.15) is 5.52 Å². The van der Waals surface area contributed by atoms with E-state index in [1.54, 1.807) is 13.1 Å². The van der Waals surface area contributed by atoms with E-state index in [4.69, 9.17) is 4.42 Å². The van der Waals surface area contributed by atoms with Gasteiger partial charge in [-0.3, -0.25) is 4.79 Å². The predicted molar refractivity (Wildman–Crippen MR) is 64.2 cm³/mol. The molecule has 4 heteroatoms. The Balaban J connectivity index is 1.97. The van der Waals surface area contributed by atoms with Crippen molar-refractivity contribution in [2.75, 3.05) is 13.6 Å². The van der Waals surface area contributed by atoms with Gasteiger partial charge >= 0.3 is 0 Å². The lowest BCUT2D eigenvalue weighted by Crippen LogP contribution is -2.18. The Kier molecular flexibility index (Phi) is 2.44. The number of Topliss-reactive ketones (excluding diaryl/α,β-unsaturated/α-hetero) is 1. The van der Waals surface area contributed by atoms with Gasteiger partial charge in [-0.25, -0.2) is 4.98 Å². The molecule has 0 spiro atoms. The number of likely N-dealkylation sites (N-methyl/N-ethyl adjacent to an activating group) is 1. The highest BCUT2D eigenvalue weighted by atomic mass is 16.3. The molecule has 0 radical (unpaired) electrons. The monoisotopic (exact) mass is 230 g/mol. The number of ketones is 1. The molecule has 1 aromatic carbocycles. The average Bonchev–Trinajstić information content (AvgIpc) is 3.08. The Bertz CT molecular complexity index is 570. The number of aromatic nitrogens is 1. The van der Waals surface area contributed by atoms with Gasteiger partial charge in [-0.05, 0) is 38.1 Å². The standard InChI is InChI=1S/C13H14N2O2/c1-14-7-11(16)9-4-5-12-10(6-9)15-13(17-12)8-2-3-8/h4-6,8,14H,2-3,7H2,1H3. The van der Waals surface area contributed by atoms with Crippen molar-refractivity contribution in [2.24, 2.45) is 0 Å². The molecule has 4 nitrogen and oxygen atoms in total. The van der Waals surface area contributed by atoms with Crippen molar-refractivity contribution >= 4 is 16.9 Å². The lowest BCUT2D eigenvalue weighted by molar-refractivity contribution is 0.0993. The molecule has 0 amide bonds. The van der Waals surface area contributed by atoms with E-state index in [0.29, 0.717) is 18.0 Å². The minimum atomic E-state index is 0.0744. The molecule has 17 heavy (non-hydrogen) atoms. The Morgan fingerprint density at radius 2 is 2.35 bits per heavy atom. The Labute approximate surface area is 99.0 Å². The summed E-state index contributed by atoms with van der Waals surface area (Å²) in [6, 6.07) is 5.44. The van der Waals surface area contributed by atoms with Crippen molar-refractivity contribution in [1.82, 2.24) is 10.3 Å². The molecule has 1 N–H and O–H groups in total. The first-order valence-electron chi connectivity index (χ1n) is 5.86. The summed E-state index contributed by atoms with van der Waals surface area (Å²) >= 11 is 0. The van der Waals surface area contributed by atoms with Gasteiger partial charge in [0.05, 0.1) is 6.54 Å². The van der Waals surface area contributed by atoms with Crippen LogP contribution in [-0.2, 0) is 0 Å². The Hall–Kier alpha value is -1.68. The molecule has 1 aromatic heterocycles. The molecule has 1 aliphatic rings. The van der Waals surface area contributed by atoms with Crippen molar-refractivity contribution in [2.45, 2.75) is 18.8 Å². The highest BCUT2D eigenvalue weighted by molar-refractivity contribution is 5.99. The maximum absolute atomic E-state index is 11.7. The first-order valence-corrected chi connectivity index (χ1v) is 5.86. The normalized spacial score (nSPS) is 15.4. The number of oxazole rings is 1. The average molecular weight is 230 g/mol. The summed E-state index contributed by atoms with van der Waals surface area (Å²) in [7, 11) is 1.76. The zero-order valence-electron chi connectivity index (χ0n) is 9.69. The molecule has 88 valence electrons. The zero-order valence-corrected chi connectivity index (χ0v) is 9.69. The van der Waals surface area contributed by atoms with Crippen LogP contribution in [0.15, 0.2) is 22.6 Å². The number of rotatable bonds is 4. The van der Waals surface area contributed by atoms with Gasteiger partial charge in [0.25, 0.3) is 0 Å². The first-order chi connectivity index (χ1) is 8.28. The molecule has 0 atom stereocenters. The number of hydrogen-bond acceptors (Lipinski definition) is 4. The van der Waals surface area contributed by atoms with Gasteiger partial charge in [0, 0.05) is 11.5 Å². The van der Waals surface area contributed by atoms with Gasteiger partial charge < -0.3 is 9.73 Å². The molecule has 1 aliphatic carbocycles. The number of nitrogens with zero attached hydrogens (tertiary/aromatic N) is 1. The van der Waals surface area contributed by atoms with Crippen molar-refractivity contribution in [1.29, 1.82) is 0 Å². The third-order valence-corrected chi connectivity index (χ3v) is 2.99. The highest BCUT2D eigenvalue weighted by Gasteiger charge is 2.28. The number of carbonyl (C=O) groups is 1. The second-order valence-electron chi connectivity index (χ2n) is 4.46. The van der Waals surface area contributed by atoms with E-state index in [1.807, 2.05) is 12.1 Å². The Morgan fingerprint density at radius 1 is 1.53 bits per heavy atom. The molecular weight excluding hydrogens is 216 g/mol. The van der Waals surface area contributed by atoms with Gasteiger partial charge in [-0.1, -0.05) is 0 Å². The summed E-state index contributed by atoms with van der Waals surface area (Å²) in [4.78, 5) is 16.2. The van der Waals surface area contributed by atoms with Gasteiger partial charge in [0.15, 0.2) is 17.3 Å². The summed E-state index contributed by atoms with van der Waals surface area (Å²) in [6.45, 7) is 0.346. The predicted octanol–water partition coefficient (Wildman–Crippen LogP) is 2.11. The van der Waals surface area contributed by atoms with E-state index in [0.717, 1.165) is 17.0 Å². The van der Waals surface area contributed by atoms with Crippen LogP contribution in [0.2, 0.25) is 0 Å². The molecule has 2 aromatic rings. The quantitative estimate of drug-likeness (QED) is 0.817. The third kappa shape index (κ3) is 1.96. The van der Waals surface area contributed by atoms with Crippen molar-refractivity contribution in [3.05, 3.63) is 29.7 Å². The Morgan fingerprint density at radius 3 is 3.06 bits per heavy atom. The summed E-state index contributed by atoms with van der Waals surface area (Å²) in [5.74, 6) is 1.39. The van der Waals surface area contributed by atoms with Crippen LogP contribution < -0.4 is 5.32 Å². The van der Waals surface area contributed by atoms with Crippen LogP contribution in [0, 0.1) is 0 Å². The van der Waals surface area contributed by atoms with Crippen molar-refractivity contribution in [3.63, 3.8) is 0 Å². The number of fused-ring (bicyclic) bond motifs is 1. The van der Waals surface area contributed by atoms with E-state index in [-0.39, 0.29) is 5.78 Å². The van der Waals surface area contributed by atoms with Crippen LogP contribution in [-0.4, -0.2) is 24.4 Å². The number of hydrogen-bond donors (Lipinski definition) is 1. The summed E-state index contributed by atoms with van der Waals surface area (Å²) in [6.07, 6.45) is 2.33. The van der Waals surface area contributed by atoms with Crippen LogP contribution >= 0.6 is 0 Å². The van der Waals surface area contributed by atoms with Gasteiger partial charge in [0.2, 0.25) is 0 Å². The summed E-state index contributed by atoms with van der Waals surface area (Å²) in [5.41, 5.74) is 2.24. The largest absolute Gasteiger partial charge is 0.440 e. The van der Waals surface area contributed by atoms with Crippen LogP contribution in [0.25, 0.3) is 11.1 Å². The molecule has 1 saturated carbocycles. The molecule has 0 unspecified atom stereocenters. The lowest BCUT2D eigenvalue weighted by atomic mass is 10.1. The van der Waals surface area contributed by atoms with Crippen molar-refractivity contribution < 1.29 is 9.21 Å². The molecule has 3 rings (SSSR count). The van der Waals surface area contributed by atoms with Crippen molar-refractivity contribution in [3.8, 4) is 0 Å². The molecule has 0 saturated heterocycles. The second-order valence-corrected chi connectivity index (χ2v) is 4.46. The third-order valence-electron chi connectivity index (χ3n) is 2.99. The number of benzene rings is 1. The molecule has 1 fully saturated rings. The van der Waals surface area contributed by atoms with Gasteiger partial charge in [-0.2, -0.15) is 0 Å². The fraction of sp³-hybridized carbons (Fsp3) is 0.385. The minimum Gasteiger partial charge on any atom is -0.440 e. The number of nitrogens with one attached hydrogen (secondary N) is 1. The molecule has 0 aliphatic heterocycles. The van der Waals surface area contributed by atoms with Gasteiger partial charge in [-0.15, -0.1) is 0 Å². The maximum atomic E-state index is 11.7. The van der Waals surface area contributed by atoms with E-state index in [2.05, 4.69) is 10.3 Å². The first kappa shape index (κ1) is 10.5. The topological polar surface area (TPSA) is 55.1 Å². The highest BCUT2D eigenvalue weighted by Crippen LogP contribution is 2.40. The van der Waals surface area contributed by atoms with E-state index in [9.17, 15) is 4.79 Å². The number of carbonyl (C=O) groups excluding carboxylic acids is 1. The molecule has 0 bridgehead atoms. The molecule has 1 heterocycles. The lowest BCUT2D eigenvalue weighted by Gasteiger charge is -1.98. The fourth-order valence-electron chi connectivity index (χ4n) is 1.89. The van der Waals surface area contributed by atoms with E-state index < -0.39 is 0 Å². The SMILES string of the molecule is CNCC(=O)c1ccc2oc(C3CC3)nc2c1. The molecular formula is C13H14N2O2.